The lowest BCUT2D eigenvalue weighted by Gasteiger charge is -2.39. The average molecular weight is 1010 g/mol. The molecular weight excluding hydrogens is 949 g/mol. The van der Waals surface area contributed by atoms with E-state index in [0.717, 1.165) is 70.6 Å². The Morgan fingerprint density at radius 1 is 0.986 bits per heavy atom. The molecule has 4 N–H and O–H groups in total. The van der Waals surface area contributed by atoms with Gasteiger partial charge in [-0.25, -0.2) is 22.7 Å². The summed E-state index contributed by atoms with van der Waals surface area (Å²) in [6.07, 6.45) is 9.69. The zero-order valence-electron chi connectivity index (χ0n) is 38.7. The van der Waals surface area contributed by atoms with Crippen LogP contribution in [0.3, 0.4) is 0 Å². The zero-order valence-corrected chi connectivity index (χ0v) is 41.1. The lowest BCUT2D eigenvalue weighted by atomic mass is 9.72. The number of carbonyl (C=O) groups excluding carboxylic acids is 1. The van der Waals surface area contributed by atoms with E-state index in [1.165, 1.54) is 51.9 Å². The van der Waals surface area contributed by atoms with Gasteiger partial charge in [0.1, 0.15) is 29.7 Å². The highest BCUT2D eigenvalue weighted by molar-refractivity contribution is 7.90. The van der Waals surface area contributed by atoms with E-state index in [4.69, 9.17) is 25.6 Å². The summed E-state index contributed by atoms with van der Waals surface area (Å²) in [6.45, 7) is 8.08. The number of sulfonamides is 1. The summed E-state index contributed by atoms with van der Waals surface area (Å²) >= 11 is 6.25. The predicted octanol–water partition coefficient (Wildman–Crippen LogP) is 8.93. The first-order chi connectivity index (χ1) is 32.8. The van der Waals surface area contributed by atoms with Crippen LogP contribution < -0.4 is 19.7 Å². The van der Waals surface area contributed by atoms with Gasteiger partial charge in [-0.15, -0.1) is 0 Å². The van der Waals surface area contributed by atoms with Gasteiger partial charge in [0.05, 0.1) is 27.7 Å². The normalized spacial score (nSPS) is 19.1. The van der Waals surface area contributed by atoms with Gasteiger partial charge in [-0.1, -0.05) is 43.2 Å². The Kier molecular flexibility index (Phi) is 15.2. The van der Waals surface area contributed by atoms with E-state index in [0.29, 0.717) is 41.7 Å². The molecule has 3 aromatic rings. The fourth-order valence-corrected chi connectivity index (χ4v) is 10.8. The molecular formula is C48H57ClN7O11PS. The van der Waals surface area contributed by atoms with Gasteiger partial charge in [-0.3, -0.25) is 24.3 Å². The molecule has 3 aliphatic heterocycles. The third-order valence-corrected chi connectivity index (χ3v) is 15.3. The number of piperazine rings is 1. The fourth-order valence-electron chi connectivity index (χ4n) is 9.43. The fraction of sp³-hybridized carbons (Fsp3) is 0.417. The molecule has 1 amide bonds. The summed E-state index contributed by atoms with van der Waals surface area (Å²) in [5.74, 6) is -0.373. The summed E-state index contributed by atoms with van der Waals surface area (Å²) in [4.78, 5) is 52.9. The van der Waals surface area contributed by atoms with E-state index in [1.807, 2.05) is 12.1 Å². The largest absolute Gasteiger partial charge is 0.471 e. The number of benzene rings is 3. The molecule has 0 bridgehead atoms. The molecule has 1 saturated carbocycles. The van der Waals surface area contributed by atoms with Crippen molar-refractivity contribution in [1.82, 2.24) is 19.2 Å². The Hall–Kier alpha value is -5.37. The number of anilines is 2. The number of nitrogens with zero attached hydrogens (tertiary/aromatic N) is 5. The second-order valence-electron chi connectivity index (χ2n) is 18.7. The van der Waals surface area contributed by atoms with Gasteiger partial charge in [0.15, 0.2) is 0 Å². The molecule has 0 unspecified atom stereocenters. The smallest absolute Gasteiger partial charge is 0.455 e. The Morgan fingerprint density at radius 2 is 1.72 bits per heavy atom. The minimum Gasteiger partial charge on any atom is -0.455 e. The van der Waals surface area contributed by atoms with Gasteiger partial charge in [-0.05, 0) is 116 Å². The third kappa shape index (κ3) is 12.5. The quantitative estimate of drug-likeness (QED) is 0.0387. The standard InChI is InChI=1S/C48H57ClN7O11PS/c1-48(2)18-16-35(42(27-48)33-6-8-36(49)9-7-33)29-53-20-22-54(23-21-53)37-10-14-41(45(25-37)67-39-24-34-17-19-50-46(34)55(30-39)31-66-68(60,61)62)47(57)52-69(63,64)40-13-15-43(44(26-40)56(58)59)51-28-32-4-11-38(65-3)12-5-32/h6-10,13-15,17,19,24-26,30,32,38,51H,4-5,11-12,16,18,20-23,27-29,31H2,1-3H3,(H,52,57)(H2,60,61,62). The lowest BCUT2D eigenvalue weighted by Crippen LogP contribution is -2.47. The first kappa shape index (κ1) is 50.0. The number of nitro benzene ring substituents is 1. The van der Waals surface area contributed by atoms with Crippen molar-refractivity contribution in [3.8, 4) is 22.9 Å². The number of fused-ring (bicyclic) bond motifs is 1. The number of hydrogen-bond donors (Lipinski definition) is 4. The van der Waals surface area contributed by atoms with Crippen molar-refractivity contribution in [3.05, 3.63) is 117 Å². The number of hydrogen-bond acceptors (Lipinski definition) is 13. The van der Waals surface area contributed by atoms with Gasteiger partial charge in [0.25, 0.3) is 21.6 Å². The van der Waals surface area contributed by atoms with Crippen LogP contribution in [0.1, 0.15) is 74.7 Å². The van der Waals surface area contributed by atoms with Crippen LogP contribution in [0.25, 0.3) is 17.0 Å². The first-order valence-electron chi connectivity index (χ1n) is 22.9. The van der Waals surface area contributed by atoms with E-state index in [1.54, 1.807) is 31.4 Å². The molecule has 69 heavy (non-hydrogen) atoms. The average Bonchev–Trinajstić information content (AvgIpc) is 3.80. The topological polar surface area (TPSA) is 228 Å². The molecule has 1 saturated heterocycles. The number of aromatic nitrogens is 2. The Bertz CT molecular complexity index is 2840. The zero-order chi connectivity index (χ0) is 49.1. The number of allylic oxidation sites excluding steroid dienone is 1. The highest BCUT2D eigenvalue weighted by atomic mass is 35.5. The molecule has 3 aromatic carbocycles. The number of ether oxygens (including phenoxy) is 2. The summed E-state index contributed by atoms with van der Waals surface area (Å²) in [5, 5.41) is 16.0. The lowest BCUT2D eigenvalue weighted by molar-refractivity contribution is -0.384. The molecule has 368 valence electrons. The van der Waals surface area contributed by atoms with Crippen molar-refractivity contribution >= 4 is 58.0 Å². The summed E-state index contributed by atoms with van der Waals surface area (Å²) < 4.78 is 59.3. The van der Waals surface area contributed by atoms with Gasteiger partial charge in [-0.2, -0.15) is 0 Å². The molecule has 2 aliphatic carbocycles. The Labute approximate surface area is 406 Å². The number of halogens is 1. The maximum atomic E-state index is 14.1. The number of phosphoric acid groups is 1. The number of pyridine rings is 1. The second kappa shape index (κ2) is 20.9. The SMILES string of the molecule is COC1CCC(CNc2ccc(S(=O)(=O)NC(=O)c3ccc(N4CCN(CC5=C(c6ccc(Cl)cc6)CC(C)(C)CC5)CC4)cc3Oc3cc4ccnc-4n(COP(=O)(O)O)c3)cc2[N+](=O)[O-])CC1. The van der Waals surface area contributed by atoms with Gasteiger partial charge in [0.2, 0.25) is 0 Å². The number of methoxy groups -OCH3 is 1. The molecule has 8 rings (SSSR count). The molecule has 5 aliphatic rings. The van der Waals surface area contributed by atoms with Crippen LogP contribution in [0, 0.1) is 21.4 Å². The number of nitrogens with one attached hydrogen (secondary N) is 2. The number of nitro groups is 1. The molecule has 2 fully saturated rings. The summed E-state index contributed by atoms with van der Waals surface area (Å²) in [5.41, 5.74) is 4.91. The van der Waals surface area contributed by atoms with Crippen molar-refractivity contribution in [2.24, 2.45) is 11.3 Å². The molecule has 3 heterocycles. The molecule has 0 atom stereocenters. The molecule has 0 radical (unpaired) electrons. The predicted molar refractivity (Wildman–Crippen MR) is 262 cm³/mol. The molecule has 18 nitrogen and oxygen atoms in total. The maximum Gasteiger partial charge on any atom is 0.471 e. The highest BCUT2D eigenvalue weighted by Gasteiger charge is 2.31. The second-order valence-corrected chi connectivity index (χ2v) is 22.1. The Morgan fingerprint density at radius 3 is 2.42 bits per heavy atom. The third-order valence-electron chi connectivity index (χ3n) is 13.3. The molecule has 0 aromatic heterocycles. The number of rotatable bonds is 17. The van der Waals surface area contributed by atoms with Crippen molar-refractivity contribution in [2.45, 2.75) is 76.5 Å². The van der Waals surface area contributed by atoms with Crippen molar-refractivity contribution in [2.75, 3.05) is 56.6 Å². The molecule has 21 heteroatoms. The van der Waals surface area contributed by atoms with Gasteiger partial charge in [0, 0.05) is 81.0 Å². The van der Waals surface area contributed by atoms with E-state index in [-0.39, 0.29) is 40.2 Å². The van der Waals surface area contributed by atoms with E-state index in [2.05, 4.69) is 50.8 Å². The highest BCUT2D eigenvalue weighted by Crippen LogP contribution is 2.44. The van der Waals surface area contributed by atoms with E-state index < -0.39 is 46.0 Å². The van der Waals surface area contributed by atoms with Crippen LogP contribution in [0.4, 0.5) is 17.1 Å². The van der Waals surface area contributed by atoms with Crippen LogP contribution in [0.2, 0.25) is 5.02 Å². The summed E-state index contributed by atoms with van der Waals surface area (Å²) in [7, 11) is -7.87. The van der Waals surface area contributed by atoms with Crippen LogP contribution in [0.5, 0.6) is 11.5 Å². The van der Waals surface area contributed by atoms with E-state index >= 15 is 0 Å². The minimum atomic E-state index is -4.88. The maximum absolute atomic E-state index is 14.1. The van der Waals surface area contributed by atoms with Crippen LogP contribution in [-0.4, -0.2) is 96.0 Å². The van der Waals surface area contributed by atoms with Crippen LogP contribution >= 0.6 is 19.4 Å². The summed E-state index contributed by atoms with van der Waals surface area (Å²) in [6, 6.07) is 19.6. The van der Waals surface area contributed by atoms with Crippen molar-refractivity contribution < 1.29 is 46.5 Å². The minimum absolute atomic E-state index is 0.0309. The van der Waals surface area contributed by atoms with Crippen molar-refractivity contribution in [3.63, 3.8) is 0 Å². The van der Waals surface area contributed by atoms with Gasteiger partial charge >= 0.3 is 7.82 Å². The number of phosphoric ester groups is 1. The van der Waals surface area contributed by atoms with Crippen molar-refractivity contribution in [1.29, 1.82) is 0 Å². The van der Waals surface area contributed by atoms with Crippen LogP contribution in [-0.2, 0) is 30.6 Å². The number of carbonyl (C=O) groups is 1. The molecule has 0 spiro atoms. The monoisotopic (exact) mass is 1010 g/mol. The first-order valence-corrected chi connectivity index (χ1v) is 26.3. The van der Waals surface area contributed by atoms with E-state index in [9.17, 15) is 37.7 Å². The van der Waals surface area contributed by atoms with Crippen LogP contribution in [0.15, 0.2) is 95.7 Å². The van der Waals surface area contributed by atoms with Gasteiger partial charge < -0.3 is 34.0 Å². The number of amides is 1. The Balaban J connectivity index is 1.04.